The molecular weight excluding hydrogens is 268 g/mol. The molecule has 0 amide bonds. The van der Waals surface area contributed by atoms with Crippen LogP contribution in [0, 0.1) is 10.1 Å². The number of aliphatic hydroxyl groups is 1. The molecule has 0 unspecified atom stereocenters. The molecule has 0 bridgehead atoms. The Morgan fingerprint density at radius 2 is 2.05 bits per heavy atom. The molecule has 1 aliphatic carbocycles. The number of nitrogens with one attached hydrogen (secondary N) is 1. The van der Waals surface area contributed by atoms with E-state index >= 15 is 0 Å². The number of nitro groups is 1. The van der Waals surface area contributed by atoms with Crippen LogP contribution >= 0.6 is 0 Å². The van der Waals surface area contributed by atoms with E-state index in [1.54, 1.807) is 6.07 Å². The minimum Gasteiger partial charge on any atom is -0.394 e. The third-order valence-electron chi connectivity index (χ3n) is 4.44. The number of benzene rings is 1. The maximum Gasteiger partial charge on any atom is 0.273 e. The van der Waals surface area contributed by atoms with Gasteiger partial charge in [-0.05, 0) is 24.3 Å². The Labute approximate surface area is 125 Å². The van der Waals surface area contributed by atoms with Gasteiger partial charge in [0.1, 0.15) is 0 Å². The standard InChI is InChI=1S/C16H24N2O3/c1-12(2)14-6-5-13(9-15(14)18(20)21)10-17-16(11-19)7-3-4-8-16/h5-6,9,12,17,19H,3-4,7-8,10-11H2,1-2H3. The number of aliphatic hydroxyl groups excluding tert-OH is 1. The van der Waals surface area contributed by atoms with Crippen LogP contribution in [0.1, 0.15) is 56.6 Å². The van der Waals surface area contributed by atoms with E-state index in [9.17, 15) is 15.2 Å². The molecule has 5 nitrogen and oxygen atoms in total. The maximum atomic E-state index is 11.2. The number of hydrogen-bond acceptors (Lipinski definition) is 4. The lowest BCUT2D eigenvalue weighted by Crippen LogP contribution is -2.45. The smallest absolute Gasteiger partial charge is 0.273 e. The van der Waals surface area contributed by atoms with Crippen LogP contribution in [0.4, 0.5) is 5.69 Å². The highest BCUT2D eigenvalue weighted by atomic mass is 16.6. The van der Waals surface area contributed by atoms with E-state index in [-0.39, 0.29) is 28.7 Å². The first kappa shape index (κ1) is 15.9. The number of nitro benzene ring substituents is 1. The van der Waals surface area contributed by atoms with E-state index in [0.717, 1.165) is 36.8 Å². The largest absolute Gasteiger partial charge is 0.394 e. The van der Waals surface area contributed by atoms with E-state index in [1.807, 2.05) is 26.0 Å². The van der Waals surface area contributed by atoms with Crippen molar-refractivity contribution in [1.82, 2.24) is 5.32 Å². The highest BCUT2D eigenvalue weighted by molar-refractivity contribution is 5.45. The SMILES string of the molecule is CC(C)c1ccc(CNC2(CO)CCCC2)cc1[N+](=O)[O-]. The summed E-state index contributed by atoms with van der Waals surface area (Å²) >= 11 is 0. The van der Waals surface area contributed by atoms with Gasteiger partial charge in [-0.15, -0.1) is 0 Å². The van der Waals surface area contributed by atoms with Crippen molar-refractivity contribution in [2.45, 2.75) is 57.5 Å². The van der Waals surface area contributed by atoms with E-state index in [1.165, 1.54) is 0 Å². The highest BCUT2D eigenvalue weighted by Gasteiger charge is 2.32. The van der Waals surface area contributed by atoms with Crippen LogP contribution in [0.5, 0.6) is 0 Å². The summed E-state index contributed by atoms with van der Waals surface area (Å²) in [7, 11) is 0. The fourth-order valence-electron chi connectivity index (χ4n) is 3.08. The van der Waals surface area contributed by atoms with Gasteiger partial charge in [0, 0.05) is 23.7 Å². The summed E-state index contributed by atoms with van der Waals surface area (Å²) in [4.78, 5) is 10.9. The van der Waals surface area contributed by atoms with Crippen LogP contribution in [-0.2, 0) is 6.54 Å². The highest BCUT2D eigenvalue weighted by Crippen LogP contribution is 2.31. The van der Waals surface area contributed by atoms with Crippen molar-refractivity contribution in [3.8, 4) is 0 Å². The molecule has 21 heavy (non-hydrogen) atoms. The normalized spacial score (nSPS) is 17.3. The predicted octanol–water partition coefficient (Wildman–Crippen LogP) is 3.11. The van der Waals surface area contributed by atoms with Crippen molar-refractivity contribution in [1.29, 1.82) is 0 Å². The van der Waals surface area contributed by atoms with E-state index in [0.29, 0.717) is 6.54 Å². The van der Waals surface area contributed by atoms with E-state index in [4.69, 9.17) is 0 Å². The summed E-state index contributed by atoms with van der Waals surface area (Å²) in [6, 6.07) is 5.44. The lowest BCUT2D eigenvalue weighted by Gasteiger charge is -2.28. The minimum atomic E-state index is -0.309. The fraction of sp³-hybridized carbons (Fsp3) is 0.625. The van der Waals surface area contributed by atoms with E-state index < -0.39 is 0 Å². The summed E-state index contributed by atoms with van der Waals surface area (Å²) < 4.78 is 0. The number of hydrogen-bond donors (Lipinski definition) is 2. The molecule has 1 aromatic rings. The quantitative estimate of drug-likeness (QED) is 0.624. The Balaban J connectivity index is 2.14. The van der Waals surface area contributed by atoms with Crippen molar-refractivity contribution in [3.63, 3.8) is 0 Å². The van der Waals surface area contributed by atoms with Gasteiger partial charge in [0.2, 0.25) is 0 Å². The number of nitrogens with zero attached hydrogens (tertiary/aromatic N) is 1. The molecule has 1 fully saturated rings. The topological polar surface area (TPSA) is 75.4 Å². The second kappa shape index (κ2) is 6.54. The van der Waals surface area contributed by atoms with Crippen molar-refractivity contribution >= 4 is 5.69 Å². The Hall–Kier alpha value is -1.46. The summed E-state index contributed by atoms with van der Waals surface area (Å²) in [5.41, 5.74) is 1.65. The molecule has 0 aliphatic heterocycles. The van der Waals surface area contributed by atoms with Crippen molar-refractivity contribution in [2.75, 3.05) is 6.61 Å². The second-order valence-corrected chi connectivity index (χ2v) is 6.30. The van der Waals surface area contributed by atoms with Crippen LogP contribution in [0.3, 0.4) is 0 Å². The Kier molecular flexibility index (Phi) is 4.96. The Bertz CT molecular complexity index is 508. The molecule has 0 aromatic heterocycles. The van der Waals surface area contributed by atoms with Gasteiger partial charge < -0.3 is 10.4 Å². The summed E-state index contributed by atoms with van der Waals surface area (Å²) in [5.74, 6) is 0.131. The van der Waals surface area contributed by atoms with Gasteiger partial charge in [-0.2, -0.15) is 0 Å². The average Bonchev–Trinajstić information content (AvgIpc) is 2.94. The zero-order valence-electron chi connectivity index (χ0n) is 12.8. The lowest BCUT2D eigenvalue weighted by molar-refractivity contribution is -0.385. The zero-order valence-corrected chi connectivity index (χ0v) is 12.8. The molecule has 0 radical (unpaired) electrons. The van der Waals surface area contributed by atoms with Crippen LogP contribution in [0.15, 0.2) is 18.2 Å². The summed E-state index contributed by atoms with van der Waals surface area (Å²) in [5, 5.41) is 24.2. The van der Waals surface area contributed by atoms with Crippen molar-refractivity contribution in [3.05, 3.63) is 39.4 Å². The molecular formula is C16H24N2O3. The molecule has 116 valence electrons. The summed E-state index contributed by atoms with van der Waals surface area (Å²) in [6.07, 6.45) is 4.19. The van der Waals surface area contributed by atoms with Gasteiger partial charge in [-0.25, -0.2) is 0 Å². The van der Waals surface area contributed by atoms with Gasteiger partial charge >= 0.3 is 0 Å². The molecule has 0 saturated heterocycles. The third-order valence-corrected chi connectivity index (χ3v) is 4.44. The second-order valence-electron chi connectivity index (χ2n) is 6.30. The monoisotopic (exact) mass is 292 g/mol. The molecule has 2 rings (SSSR count). The molecule has 0 heterocycles. The maximum absolute atomic E-state index is 11.2. The Morgan fingerprint density at radius 3 is 2.57 bits per heavy atom. The van der Waals surface area contributed by atoms with Crippen LogP contribution in [0.2, 0.25) is 0 Å². The zero-order chi connectivity index (χ0) is 15.5. The lowest BCUT2D eigenvalue weighted by atomic mass is 9.97. The van der Waals surface area contributed by atoms with Gasteiger partial charge in [0.15, 0.2) is 0 Å². The van der Waals surface area contributed by atoms with Gasteiger partial charge in [0.25, 0.3) is 5.69 Å². The molecule has 1 saturated carbocycles. The van der Waals surface area contributed by atoms with Crippen molar-refractivity contribution in [2.24, 2.45) is 0 Å². The first-order chi connectivity index (χ1) is 9.97. The van der Waals surface area contributed by atoms with Crippen LogP contribution in [0.25, 0.3) is 0 Å². The molecule has 2 N–H and O–H groups in total. The molecule has 1 aliphatic rings. The Morgan fingerprint density at radius 1 is 1.38 bits per heavy atom. The summed E-state index contributed by atoms with van der Waals surface area (Å²) in [6.45, 7) is 4.60. The molecule has 0 atom stereocenters. The third kappa shape index (κ3) is 3.60. The molecule has 5 heteroatoms. The van der Waals surface area contributed by atoms with Crippen LogP contribution < -0.4 is 5.32 Å². The first-order valence-corrected chi connectivity index (χ1v) is 7.60. The number of rotatable bonds is 6. The van der Waals surface area contributed by atoms with Gasteiger partial charge in [-0.3, -0.25) is 10.1 Å². The van der Waals surface area contributed by atoms with Gasteiger partial charge in [0.05, 0.1) is 11.5 Å². The fourth-order valence-corrected chi connectivity index (χ4v) is 3.08. The first-order valence-electron chi connectivity index (χ1n) is 7.60. The predicted molar refractivity (Wildman–Crippen MR) is 82.3 cm³/mol. The van der Waals surface area contributed by atoms with E-state index in [2.05, 4.69) is 5.32 Å². The molecule has 0 spiro atoms. The molecule has 1 aromatic carbocycles. The minimum absolute atomic E-state index is 0.124. The van der Waals surface area contributed by atoms with Crippen LogP contribution in [-0.4, -0.2) is 22.2 Å². The van der Waals surface area contributed by atoms with Crippen molar-refractivity contribution < 1.29 is 10.0 Å². The average molecular weight is 292 g/mol. The van der Waals surface area contributed by atoms with Gasteiger partial charge in [-0.1, -0.05) is 38.8 Å².